The predicted molar refractivity (Wildman–Crippen MR) is 79.0 cm³/mol. The Morgan fingerprint density at radius 3 is 2.67 bits per heavy atom. The third kappa shape index (κ3) is 4.63. The summed E-state index contributed by atoms with van der Waals surface area (Å²) >= 11 is 2.01. The van der Waals surface area contributed by atoms with E-state index in [2.05, 4.69) is 43.0 Å². The zero-order chi connectivity index (χ0) is 12.8. The van der Waals surface area contributed by atoms with Gasteiger partial charge in [-0.1, -0.05) is 38.1 Å². The standard InChI is InChI=1S/C15H23NOS/c1-13(2)18-12-15-5-3-4-14(10-15)11-16-6-8-17-9-7-16/h3-5,10,13H,6-9,11-12H2,1-2H3. The van der Waals surface area contributed by atoms with Gasteiger partial charge >= 0.3 is 0 Å². The van der Waals surface area contributed by atoms with Crippen LogP contribution >= 0.6 is 11.8 Å². The molecule has 0 saturated carbocycles. The molecule has 2 nitrogen and oxygen atoms in total. The number of rotatable bonds is 5. The SMILES string of the molecule is CC(C)SCc1cccc(CN2CCOCC2)c1. The van der Waals surface area contributed by atoms with Crippen LogP contribution in [0.25, 0.3) is 0 Å². The maximum absolute atomic E-state index is 5.38. The number of thioether (sulfide) groups is 1. The lowest BCUT2D eigenvalue weighted by atomic mass is 10.1. The molecule has 0 radical (unpaired) electrons. The number of morpholine rings is 1. The van der Waals surface area contributed by atoms with Gasteiger partial charge < -0.3 is 4.74 Å². The minimum absolute atomic E-state index is 0.702. The van der Waals surface area contributed by atoms with Crippen LogP contribution in [-0.2, 0) is 17.0 Å². The first-order valence-electron chi connectivity index (χ1n) is 6.73. The Balaban J connectivity index is 1.89. The molecule has 3 heteroatoms. The van der Waals surface area contributed by atoms with Gasteiger partial charge in [0.2, 0.25) is 0 Å². The topological polar surface area (TPSA) is 12.5 Å². The molecule has 0 aromatic heterocycles. The van der Waals surface area contributed by atoms with Crippen molar-refractivity contribution in [2.45, 2.75) is 31.4 Å². The first-order valence-corrected chi connectivity index (χ1v) is 7.78. The summed E-state index contributed by atoms with van der Waals surface area (Å²) in [7, 11) is 0. The van der Waals surface area contributed by atoms with Crippen molar-refractivity contribution in [1.29, 1.82) is 0 Å². The molecule has 1 heterocycles. The lowest BCUT2D eigenvalue weighted by molar-refractivity contribution is 0.0342. The van der Waals surface area contributed by atoms with E-state index in [0.717, 1.165) is 38.6 Å². The summed E-state index contributed by atoms with van der Waals surface area (Å²) in [5.41, 5.74) is 2.87. The molecule has 18 heavy (non-hydrogen) atoms. The highest BCUT2D eigenvalue weighted by atomic mass is 32.2. The second-order valence-electron chi connectivity index (χ2n) is 5.07. The first-order chi connectivity index (χ1) is 8.74. The fourth-order valence-electron chi connectivity index (χ4n) is 2.10. The van der Waals surface area contributed by atoms with Gasteiger partial charge in [-0.2, -0.15) is 11.8 Å². The molecule has 1 aromatic carbocycles. The largest absolute Gasteiger partial charge is 0.379 e. The van der Waals surface area contributed by atoms with Gasteiger partial charge in [0, 0.05) is 25.4 Å². The minimum Gasteiger partial charge on any atom is -0.379 e. The molecule has 0 atom stereocenters. The third-order valence-electron chi connectivity index (χ3n) is 3.08. The van der Waals surface area contributed by atoms with E-state index in [1.807, 2.05) is 11.8 Å². The van der Waals surface area contributed by atoms with E-state index in [-0.39, 0.29) is 0 Å². The molecule has 1 aromatic rings. The van der Waals surface area contributed by atoms with Gasteiger partial charge in [-0.25, -0.2) is 0 Å². The van der Waals surface area contributed by atoms with Crippen molar-refractivity contribution in [3.63, 3.8) is 0 Å². The maximum atomic E-state index is 5.38. The lowest BCUT2D eigenvalue weighted by Crippen LogP contribution is -2.35. The molecular weight excluding hydrogens is 242 g/mol. The van der Waals surface area contributed by atoms with Crippen LogP contribution in [0.5, 0.6) is 0 Å². The Kier molecular flexibility index (Phi) is 5.54. The summed E-state index contributed by atoms with van der Waals surface area (Å²) in [6.45, 7) is 9.44. The summed E-state index contributed by atoms with van der Waals surface area (Å²) in [6.07, 6.45) is 0. The van der Waals surface area contributed by atoms with Gasteiger partial charge in [-0.15, -0.1) is 0 Å². The van der Waals surface area contributed by atoms with Crippen LogP contribution in [0.2, 0.25) is 0 Å². The highest BCUT2D eigenvalue weighted by molar-refractivity contribution is 7.99. The van der Waals surface area contributed by atoms with Crippen LogP contribution in [0, 0.1) is 0 Å². The summed E-state index contributed by atoms with van der Waals surface area (Å²) in [6, 6.07) is 9.01. The van der Waals surface area contributed by atoms with Crippen molar-refractivity contribution in [3.8, 4) is 0 Å². The molecule has 0 aliphatic carbocycles. The Labute approximate surface area is 115 Å². The van der Waals surface area contributed by atoms with Crippen LogP contribution in [0.4, 0.5) is 0 Å². The molecule has 2 rings (SSSR count). The summed E-state index contributed by atoms with van der Waals surface area (Å²) in [4.78, 5) is 2.47. The number of nitrogens with zero attached hydrogens (tertiary/aromatic N) is 1. The molecule has 0 bridgehead atoms. The maximum Gasteiger partial charge on any atom is 0.0594 e. The first kappa shape index (κ1) is 13.9. The average molecular weight is 265 g/mol. The fraction of sp³-hybridized carbons (Fsp3) is 0.600. The molecule has 1 saturated heterocycles. The quantitative estimate of drug-likeness (QED) is 0.811. The lowest BCUT2D eigenvalue weighted by Gasteiger charge is -2.26. The molecule has 0 spiro atoms. The number of ether oxygens (including phenoxy) is 1. The monoisotopic (exact) mass is 265 g/mol. The Morgan fingerprint density at radius 1 is 1.22 bits per heavy atom. The molecule has 1 aliphatic heterocycles. The van der Waals surface area contributed by atoms with Crippen LogP contribution in [0.15, 0.2) is 24.3 Å². The van der Waals surface area contributed by atoms with Crippen LogP contribution in [-0.4, -0.2) is 36.5 Å². The molecule has 0 amide bonds. The van der Waals surface area contributed by atoms with Crippen molar-refractivity contribution in [1.82, 2.24) is 4.90 Å². The highest BCUT2D eigenvalue weighted by Gasteiger charge is 2.10. The van der Waals surface area contributed by atoms with E-state index in [1.54, 1.807) is 0 Å². The average Bonchev–Trinajstić information content (AvgIpc) is 2.38. The normalized spacial score (nSPS) is 17.3. The smallest absolute Gasteiger partial charge is 0.0594 e. The second-order valence-corrected chi connectivity index (χ2v) is 6.63. The number of hydrogen-bond donors (Lipinski definition) is 0. The van der Waals surface area contributed by atoms with Gasteiger partial charge in [0.05, 0.1) is 13.2 Å². The Hall–Kier alpha value is -0.510. The summed E-state index contributed by atoms with van der Waals surface area (Å²) < 4.78 is 5.38. The van der Waals surface area contributed by atoms with E-state index < -0.39 is 0 Å². The number of benzene rings is 1. The number of hydrogen-bond acceptors (Lipinski definition) is 3. The van der Waals surface area contributed by atoms with Crippen molar-refractivity contribution in [2.75, 3.05) is 26.3 Å². The van der Waals surface area contributed by atoms with E-state index in [1.165, 1.54) is 11.1 Å². The summed E-state index contributed by atoms with van der Waals surface area (Å²) in [5, 5.41) is 0.702. The van der Waals surface area contributed by atoms with Crippen LogP contribution < -0.4 is 0 Å². The van der Waals surface area contributed by atoms with E-state index in [0.29, 0.717) is 5.25 Å². The van der Waals surface area contributed by atoms with Crippen molar-refractivity contribution >= 4 is 11.8 Å². The third-order valence-corrected chi connectivity index (χ3v) is 4.25. The van der Waals surface area contributed by atoms with E-state index >= 15 is 0 Å². The molecule has 1 fully saturated rings. The molecule has 0 N–H and O–H groups in total. The minimum atomic E-state index is 0.702. The van der Waals surface area contributed by atoms with Gasteiger partial charge in [-0.3, -0.25) is 4.90 Å². The molecule has 100 valence electrons. The second kappa shape index (κ2) is 7.17. The van der Waals surface area contributed by atoms with Crippen LogP contribution in [0.1, 0.15) is 25.0 Å². The molecule has 1 aliphatic rings. The Morgan fingerprint density at radius 2 is 1.94 bits per heavy atom. The predicted octanol–water partition coefficient (Wildman–Crippen LogP) is 3.16. The Bertz CT molecular complexity index is 361. The molecular formula is C15H23NOS. The highest BCUT2D eigenvalue weighted by Crippen LogP contribution is 2.18. The zero-order valence-corrected chi connectivity index (χ0v) is 12.2. The summed E-state index contributed by atoms with van der Waals surface area (Å²) in [5.74, 6) is 1.12. The zero-order valence-electron chi connectivity index (χ0n) is 11.4. The van der Waals surface area contributed by atoms with Gasteiger partial charge in [0.1, 0.15) is 0 Å². The van der Waals surface area contributed by atoms with Gasteiger partial charge in [-0.05, 0) is 16.4 Å². The van der Waals surface area contributed by atoms with Crippen molar-refractivity contribution in [2.24, 2.45) is 0 Å². The van der Waals surface area contributed by atoms with Crippen molar-refractivity contribution < 1.29 is 4.74 Å². The van der Waals surface area contributed by atoms with Crippen LogP contribution in [0.3, 0.4) is 0 Å². The van der Waals surface area contributed by atoms with Gasteiger partial charge in [0.15, 0.2) is 0 Å². The van der Waals surface area contributed by atoms with E-state index in [4.69, 9.17) is 4.74 Å². The van der Waals surface area contributed by atoms with E-state index in [9.17, 15) is 0 Å². The molecule has 0 unspecified atom stereocenters. The van der Waals surface area contributed by atoms with Crippen molar-refractivity contribution in [3.05, 3.63) is 35.4 Å². The fourth-order valence-corrected chi connectivity index (χ4v) is 2.80. The van der Waals surface area contributed by atoms with Gasteiger partial charge in [0.25, 0.3) is 0 Å².